The number of hydrogen-bond donors (Lipinski definition) is 1. The Kier molecular flexibility index (Phi) is 5.18. The minimum absolute atomic E-state index is 0.137. The minimum Gasteiger partial charge on any atom is -0.327 e. The maximum absolute atomic E-state index is 11.6. The van der Waals surface area contributed by atoms with Gasteiger partial charge in [-0.1, -0.05) is 31.9 Å². The number of rotatable bonds is 5. The predicted octanol–water partition coefficient (Wildman–Crippen LogP) is 3.05. The van der Waals surface area contributed by atoms with Crippen molar-refractivity contribution in [2.75, 3.05) is 11.4 Å². The van der Waals surface area contributed by atoms with E-state index in [2.05, 4.69) is 25.1 Å². The third-order valence-corrected chi connectivity index (χ3v) is 4.07. The van der Waals surface area contributed by atoms with Crippen molar-refractivity contribution in [1.82, 2.24) is 0 Å². The van der Waals surface area contributed by atoms with Crippen LogP contribution in [0.5, 0.6) is 0 Å². The number of carbonyl (C=O) groups is 1. The molecule has 2 N–H and O–H groups in total. The van der Waals surface area contributed by atoms with Crippen LogP contribution in [0.2, 0.25) is 0 Å². The maximum Gasteiger partial charge on any atom is 0.223 e. The van der Waals surface area contributed by atoms with E-state index < -0.39 is 0 Å². The fourth-order valence-corrected chi connectivity index (χ4v) is 2.98. The van der Waals surface area contributed by atoms with Crippen molar-refractivity contribution >= 4 is 11.6 Å². The van der Waals surface area contributed by atoms with Gasteiger partial charge in [0.05, 0.1) is 0 Å². The quantitative estimate of drug-likeness (QED) is 0.897. The normalized spacial score (nSPS) is 15.8. The molecule has 3 nitrogen and oxygen atoms in total. The molecule has 3 heteroatoms. The molecule has 0 aromatic heterocycles. The summed E-state index contributed by atoms with van der Waals surface area (Å²) in [5.74, 6) is 0.137. The van der Waals surface area contributed by atoms with Crippen LogP contribution in [0.4, 0.5) is 5.69 Å². The van der Waals surface area contributed by atoms with Gasteiger partial charge in [-0.25, -0.2) is 0 Å². The van der Waals surface area contributed by atoms with Gasteiger partial charge in [0, 0.05) is 25.2 Å². The summed E-state index contributed by atoms with van der Waals surface area (Å²) in [7, 11) is 0. The molecule has 1 aromatic carbocycles. The van der Waals surface area contributed by atoms with Crippen LogP contribution in [0.15, 0.2) is 18.2 Å². The zero-order valence-corrected chi connectivity index (χ0v) is 12.7. The Morgan fingerprint density at radius 2 is 2.25 bits per heavy atom. The molecule has 2 rings (SSSR count). The molecule has 0 saturated heterocycles. The van der Waals surface area contributed by atoms with E-state index in [9.17, 15) is 4.79 Å². The van der Waals surface area contributed by atoms with Crippen molar-refractivity contribution in [3.63, 3.8) is 0 Å². The highest BCUT2D eigenvalue weighted by Gasteiger charge is 2.20. The summed E-state index contributed by atoms with van der Waals surface area (Å²) in [5.41, 5.74) is 9.87. The van der Waals surface area contributed by atoms with Gasteiger partial charge in [0.15, 0.2) is 0 Å². The van der Waals surface area contributed by atoms with Crippen LogP contribution in [0.1, 0.15) is 50.7 Å². The number of benzene rings is 1. The number of nitrogens with zero attached hydrogens (tertiary/aromatic N) is 1. The zero-order chi connectivity index (χ0) is 14.5. The molecular formula is C17H26N2O. The van der Waals surface area contributed by atoms with Crippen LogP contribution >= 0.6 is 0 Å². The molecule has 1 unspecified atom stereocenters. The van der Waals surface area contributed by atoms with Crippen molar-refractivity contribution < 1.29 is 4.79 Å². The van der Waals surface area contributed by atoms with E-state index in [1.54, 1.807) is 6.92 Å². The van der Waals surface area contributed by atoms with Gasteiger partial charge in [-0.05, 0) is 42.9 Å². The molecule has 110 valence electrons. The SMILES string of the molecule is CCCCC(N)Cc1ccc2c(c1)CCCN2C(C)=O. The van der Waals surface area contributed by atoms with Gasteiger partial charge in [-0.3, -0.25) is 4.79 Å². The van der Waals surface area contributed by atoms with E-state index in [0.29, 0.717) is 0 Å². The van der Waals surface area contributed by atoms with Gasteiger partial charge in [-0.15, -0.1) is 0 Å². The van der Waals surface area contributed by atoms with Crippen molar-refractivity contribution in [3.8, 4) is 0 Å². The highest BCUT2D eigenvalue weighted by Crippen LogP contribution is 2.28. The van der Waals surface area contributed by atoms with E-state index in [0.717, 1.165) is 37.9 Å². The first kappa shape index (κ1) is 15.0. The summed E-state index contributed by atoms with van der Waals surface area (Å²) in [6.07, 6.45) is 6.55. The predicted molar refractivity (Wildman–Crippen MR) is 84.0 cm³/mol. The van der Waals surface area contributed by atoms with Gasteiger partial charge < -0.3 is 10.6 Å². The van der Waals surface area contributed by atoms with Crippen LogP contribution < -0.4 is 10.6 Å². The highest BCUT2D eigenvalue weighted by molar-refractivity contribution is 5.92. The lowest BCUT2D eigenvalue weighted by atomic mass is 9.95. The number of fused-ring (bicyclic) bond motifs is 1. The van der Waals surface area contributed by atoms with E-state index in [-0.39, 0.29) is 11.9 Å². The molecule has 1 heterocycles. The standard InChI is InChI=1S/C17H26N2O/c1-3-4-7-16(18)12-14-8-9-17-15(11-14)6-5-10-19(17)13(2)20/h8-9,11,16H,3-7,10,12,18H2,1-2H3. The number of nitrogens with two attached hydrogens (primary N) is 1. The van der Waals surface area contributed by atoms with E-state index in [4.69, 9.17) is 5.73 Å². The molecule has 0 fully saturated rings. The molecule has 1 aliphatic heterocycles. The van der Waals surface area contributed by atoms with Gasteiger partial charge in [0.1, 0.15) is 0 Å². The largest absolute Gasteiger partial charge is 0.327 e. The van der Waals surface area contributed by atoms with Crippen LogP contribution in [0.25, 0.3) is 0 Å². The second-order valence-corrected chi connectivity index (χ2v) is 5.84. The summed E-state index contributed by atoms with van der Waals surface area (Å²) in [5, 5.41) is 0. The van der Waals surface area contributed by atoms with Gasteiger partial charge in [-0.2, -0.15) is 0 Å². The lowest BCUT2D eigenvalue weighted by Gasteiger charge is -2.29. The monoisotopic (exact) mass is 274 g/mol. The fourth-order valence-electron chi connectivity index (χ4n) is 2.98. The molecule has 0 saturated carbocycles. The van der Waals surface area contributed by atoms with E-state index >= 15 is 0 Å². The lowest BCUT2D eigenvalue weighted by molar-refractivity contribution is -0.116. The number of unbranched alkanes of at least 4 members (excludes halogenated alkanes) is 1. The van der Waals surface area contributed by atoms with Gasteiger partial charge >= 0.3 is 0 Å². The summed E-state index contributed by atoms with van der Waals surface area (Å²) in [4.78, 5) is 13.5. The fraction of sp³-hybridized carbons (Fsp3) is 0.588. The first-order valence-electron chi connectivity index (χ1n) is 7.77. The Balaban J connectivity index is 2.09. The molecule has 1 aromatic rings. The molecule has 1 aliphatic rings. The Hall–Kier alpha value is -1.35. The number of hydrogen-bond acceptors (Lipinski definition) is 2. The Morgan fingerprint density at radius 3 is 2.95 bits per heavy atom. The number of aryl methyl sites for hydroxylation is 1. The second kappa shape index (κ2) is 6.89. The lowest BCUT2D eigenvalue weighted by Crippen LogP contribution is -2.33. The van der Waals surface area contributed by atoms with Gasteiger partial charge in [0.2, 0.25) is 5.91 Å². The Bertz CT molecular complexity index is 470. The van der Waals surface area contributed by atoms with Crippen molar-refractivity contribution in [3.05, 3.63) is 29.3 Å². The molecule has 0 bridgehead atoms. The Morgan fingerprint density at radius 1 is 1.45 bits per heavy atom. The smallest absolute Gasteiger partial charge is 0.223 e. The average Bonchev–Trinajstić information content (AvgIpc) is 2.44. The van der Waals surface area contributed by atoms with Crippen LogP contribution in [-0.4, -0.2) is 18.5 Å². The van der Waals surface area contributed by atoms with E-state index in [1.807, 2.05) is 4.90 Å². The van der Waals surface area contributed by atoms with Crippen molar-refractivity contribution in [1.29, 1.82) is 0 Å². The Labute approximate surface area is 122 Å². The third-order valence-electron chi connectivity index (χ3n) is 4.07. The van der Waals surface area contributed by atoms with Gasteiger partial charge in [0.25, 0.3) is 0 Å². The van der Waals surface area contributed by atoms with Crippen molar-refractivity contribution in [2.24, 2.45) is 5.73 Å². The molecular weight excluding hydrogens is 248 g/mol. The molecule has 0 aliphatic carbocycles. The molecule has 1 atom stereocenters. The second-order valence-electron chi connectivity index (χ2n) is 5.84. The number of anilines is 1. The highest BCUT2D eigenvalue weighted by atomic mass is 16.2. The summed E-state index contributed by atoms with van der Waals surface area (Å²) < 4.78 is 0. The number of amides is 1. The van der Waals surface area contributed by atoms with Crippen LogP contribution in [-0.2, 0) is 17.6 Å². The van der Waals surface area contributed by atoms with Crippen LogP contribution in [0.3, 0.4) is 0 Å². The first-order valence-corrected chi connectivity index (χ1v) is 7.77. The molecule has 20 heavy (non-hydrogen) atoms. The number of carbonyl (C=O) groups excluding carboxylic acids is 1. The van der Waals surface area contributed by atoms with E-state index in [1.165, 1.54) is 24.0 Å². The molecule has 1 amide bonds. The summed E-state index contributed by atoms with van der Waals surface area (Å²) in [6.45, 7) is 4.68. The summed E-state index contributed by atoms with van der Waals surface area (Å²) in [6, 6.07) is 6.72. The van der Waals surface area contributed by atoms with Crippen LogP contribution in [0, 0.1) is 0 Å². The average molecular weight is 274 g/mol. The minimum atomic E-state index is 0.137. The zero-order valence-electron chi connectivity index (χ0n) is 12.7. The first-order chi connectivity index (χ1) is 9.61. The maximum atomic E-state index is 11.6. The van der Waals surface area contributed by atoms with Crippen molar-refractivity contribution in [2.45, 2.75) is 58.4 Å². The molecule has 0 radical (unpaired) electrons. The topological polar surface area (TPSA) is 46.3 Å². The summed E-state index contributed by atoms with van der Waals surface area (Å²) >= 11 is 0. The third kappa shape index (κ3) is 3.60. The molecule has 0 spiro atoms.